The van der Waals surface area contributed by atoms with Gasteiger partial charge in [0.05, 0.1) is 5.41 Å². The number of carboxylic acids is 1. The Morgan fingerprint density at radius 2 is 1.86 bits per heavy atom. The summed E-state index contributed by atoms with van der Waals surface area (Å²) in [6.07, 6.45) is 3.73. The largest absolute Gasteiger partial charge is 0.481 e. The molecule has 2 nitrogen and oxygen atoms in total. The molecule has 1 atom stereocenters. The SMILES string of the molecule is CC(C)(C(=O)O)C(F)C1CCCCC1. The zero-order chi connectivity index (χ0) is 10.8. The van der Waals surface area contributed by atoms with Gasteiger partial charge in [0, 0.05) is 0 Å². The highest BCUT2D eigenvalue weighted by atomic mass is 19.1. The van der Waals surface area contributed by atoms with Gasteiger partial charge in [-0.25, -0.2) is 4.39 Å². The smallest absolute Gasteiger partial charge is 0.312 e. The van der Waals surface area contributed by atoms with Gasteiger partial charge in [0.2, 0.25) is 0 Å². The zero-order valence-electron chi connectivity index (χ0n) is 8.92. The number of carboxylic acid groups (broad SMARTS) is 1. The Balaban J connectivity index is 2.62. The summed E-state index contributed by atoms with van der Waals surface area (Å²) in [5.41, 5.74) is -1.23. The van der Waals surface area contributed by atoms with Gasteiger partial charge in [-0.2, -0.15) is 0 Å². The number of alkyl halides is 1. The van der Waals surface area contributed by atoms with E-state index in [1.165, 1.54) is 13.8 Å². The second-order valence-electron chi connectivity index (χ2n) is 4.83. The van der Waals surface area contributed by atoms with Crippen molar-refractivity contribution in [3.8, 4) is 0 Å². The molecule has 0 saturated heterocycles. The Morgan fingerprint density at radius 1 is 1.36 bits per heavy atom. The fourth-order valence-electron chi connectivity index (χ4n) is 2.13. The summed E-state index contributed by atoms with van der Waals surface area (Å²) in [6, 6.07) is 0. The number of halogens is 1. The Morgan fingerprint density at radius 3 is 2.29 bits per heavy atom. The molecule has 1 saturated carbocycles. The van der Waals surface area contributed by atoms with Crippen molar-refractivity contribution in [3.05, 3.63) is 0 Å². The molecule has 14 heavy (non-hydrogen) atoms. The lowest BCUT2D eigenvalue weighted by molar-refractivity contribution is -0.152. The van der Waals surface area contributed by atoms with Crippen LogP contribution in [0.5, 0.6) is 0 Å². The summed E-state index contributed by atoms with van der Waals surface area (Å²) in [4.78, 5) is 10.9. The van der Waals surface area contributed by atoms with Gasteiger partial charge in [-0.05, 0) is 32.6 Å². The van der Waals surface area contributed by atoms with Crippen LogP contribution in [0.1, 0.15) is 46.0 Å². The number of aliphatic carboxylic acids is 1. The summed E-state index contributed by atoms with van der Waals surface area (Å²) >= 11 is 0. The summed E-state index contributed by atoms with van der Waals surface area (Å²) in [7, 11) is 0. The molecule has 0 bridgehead atoms. The first kappa shape index (κ1) is 11.5. The minimum absolute atomic E-state index is 0.0464. The highest BCUT2D eigenvalue weighted by Crippen LogP contribution is 2.37. The first-order valence-electron chi connectivity index (χ1n) is 5.33. The Bertz CT molecular complexity index is 207. The second kappa shape index (κ2) is 4.28. The Labute approximate surface area is 84.5 Å². The molecule has 1 rings (SSSR count). The normalized spacial score (nSPS) is 21.9. The highest BCUT2D eigenvalue weighted by molar-refractivity contribution is 5.74. The number of carbonyl (C=O) groups is 1. The van der Waals surface area contributed by atoms with Crippen LogP contribution in [-0.4, -0.2) is 17.2 Å². The van der Waals surface area contributed by atoms with Crippen molar-refractivity contribution < 1.29 is 14.3 Å². The summed E-state index contributed by atoms with van der Waals surface area (Å²) in [5.74, 6) is -1.08. The van der Waals surface area contributed by atoms with Crippen LogP contribution in [0.4, 0.5) is 4.39 Å². The van der Waals surface area contributed by atoms with E-state index in [-0.39, 0.29) is 5.92 Å². The van der Waals surface area contributed by atoms with Crippen molar-refractivity contribution >= 4 is 5.97 Å². The molecule has 0 aromatic carbocycles. The molecule has 3 heteroatoms. The maximum atomic E-state index is 13.9. The van der Waals surface area contributed by atoms with Gasteiger partial charge >= 0.3 is 5.97 Å². The molecule has 1 aliphatic rings. The van der Waals surface area contributed by atoms with E-state index in [4.69, 9.17) is 5.11 Å². The molecule has 1 aliphatic carbocycles. The quantitative estimate of drug-likeness (QED) is 0.763. The lowest BCUT2D eigenvalue weighted by Crippen LogP contribution is -2.39. The average Bonchev–Trinajstić information content (AvgIpc) is 2.17. The Kier molecular flexibility index (Phi) is 3.51. The van der Waals surface area contributed by atoms with E-state index >= 15 is 0 Å². The molecule has 0 aromatic rings. The summed E-state index contributed by atoms with van der Waals surface area (Å²) in [5, 5.41) is 8.90. The van der Waals surface area contributed by atoms with E-state index in [1.807, 2.05) is 0 Å². The van der Waals surface area contributed by atoms with Crippen molar-refractivity contribution in [2.45, 2.75) is 52.1 Å². The molecule has 0 radical (unpaired) electrons. The minimum Gasteiger partial charge on any atom is -0.481 e. The van der Waals surface area contributed by atoms with Gasteiger partial charge in [0.1, 0.15) is 6.17 Å². The first-order chi connectivity index (χ1) is 6.46. The summed E-state index contributed by atoms with van der Waals surface area (Å²) < 4.78 is 13.9. The first-order valence-corrected chi connectivity index (χ1v) is 5.33. The zero-order valence-corrected chi connectivity index (χ0v) is 8.92. The fraction of sp³-hybridized carbons (Fsp3) is 0.909. The summed E-state index contributed by atoms with van der Waals surface area (Å²) in [6.45, 7) is 2.96. The van der Waals surface area contributed by atoms with Crippen molar-refractivity contribution in [1.29, 1.82) is 0 Å². The van der Waals surface area contributed by atoms with Gasteiger partial charge in [0.25, 0.3) is 0 Å². The maximum Gasteiger partial charge on any atom is 0.312 e. The molecular formula is C11H19FO2. The lowest BCUT2D eigenvalue weighted by Gasteiger charge is -2.32. The molecule has 0 aromatic heterocycles. The number of hydrogen-bond donors (Lipinski definition) is 1. The van der Waals surface area contributed by atoms with E-state index in [9.17, 15) is 9.18 Å². The second-order valence-corrected chi connectivity index (χ2v) is 4.83. The molecule has 1 fully saturated rings. The standard InChI is InChI=1S/C11H19FO2/c1-11(2,10(13)14)9(12)8-6-4-3-5-7-8/h8-9H,3-7H2,1-2H3,(H,13,14). The van der Waals surface area contributed by atoms with Crippen LogP contribution in [0.3, 0.4) is 0 Å². The van der Waals surface area contributed by atoms with Gasteiger partial charge in [-0.3, -0.25) is 4.79 Å². The molecule has 0 aliphatic heterocycles. The van der Waals surface area contributed by atoms with E-state index in [0.29, 0.717) is 0 Å². The van der Waals surface area contributed by atoms with E-state index < -0.39 is 17.6 Å². The van der Waals surface area contributed by atoms with Gasteiger partial charge in [0.15, 0.2) is 0 Å². The molecule has 0 heterocycles. The van der Waals surface area contributed by atoms with Crippen LogP contribution in [-0.2, 0) is 4.79 Å². The minimum atomic E-state index is -1.23. The van der Waals surface area contributed by atoms with Gasteiger partial charge in [-0.1, -0.05) is 19.3 Å². The predicted molar refractivity (Wildman–Crippen MR) is 52.9 cm³/mol. The van der Waals surface area contributed by atoms with E-state index in [1.54, 1.807) is 0 Å². The average molecular weight is 202 g/mol. The molecule has 0 amide bonds. The fourth-order valence-corrected chi connectivity index (χ4v) is 2.13. The third-order valence-corrected chi connectivity index (χ3v) is 3.30. The van der Waals surface area contributed by atoms with E-state index in [2.05, 4.69) is 0 Å². The maximum absolute atomic E-state index is 13.9. The Hall–Kier alpha value is -0.600. The van der Waals surface area contributed by atoms with Crippen LogP contribution in [0.25, 0.3) is 0 Å². The van der Waals surface area contributed by atoms with Crippen molar-refractivity contribution in [2.75, 3.05) is 0 Å². The monoisotopic (exact) mass is 202 g/mol. The van der Waals surface area contributed by atoms with Crippen molar-refractivity contribution in [2.24, 2.45) is 11.3 Å². The topological polar surface area (TPSA) is 37.3 Å². The van der Waals surface area contributed by atoms with Crippen LogP contribution in [0.2, 0.25) is 0 Å². The molecule has 0 spiro atoms. The third-order valence-electron chi connectivity index (χ3n) is 3.30. The molecular weight excluding hydrogens is 183 g/mol. The van der Waals surface area contributed by atoms with Gasteiger partial charge < -0.3 is 5.11 Å². The van der Waals surface area contributed by atoms with Crippen LogP contribution in [0.15, 0.2) is 0 Å². The number of rotatable bonds is 3. The van der Waals surface area contributed by atoms with Crippen molar-refractivity contribution in [1.82, 2.24) is 0 Å². The predicted octanol–water partition coefficient (Wildman–Crippen LogP) is 3.02. The molecule has 82 valence electrons. The lowest BCUT2D eigenvalue weighted by atomic mass is 9.75. The molecule has 1 unspecified atom stereocenters. The van der Waals surface area contributed by atoms with Gasteiger partial charge in [-0.15, -0.1) is 0 Å². The van der Waals surface area contributed by atoms with E-state index in [0.717, 1.165) is 32.1 Å². The molecule has 1 N–H and O–H groups in total. The number of hydrogen-bond acceptors (Lipinski definition) is 1. The van der Waals surface area contributed by atoms with Crippen LogP contribution in [0, 0.1) is 11.3 Å². The third kappa shape index (κ3) is 2.25. The highest BCUT2D eigenvalue weighted by Gasteiger charge is 2.41. The van der Waals surface area contributed by atoms with Crippen molar-refractivity contribution in [3.63, 3.8) is 0 Å². The van der Waals surface area contributed by atoms with Crippen LogP contribution < -0.4 is 0 Å². The van der Waals surface area contributed by atoms with Crippen LogP contribution >= 0.6 is 0 Å².